The van der Waals surface area contributed by atoms with Crippen molar-refractivity contribution in [1.29, 1.82) is 5.26 Å². The lowest BCUT2D eigenvalue weighted by molar-refractivity contribution is 0.483. The molecule has 0 unspecified atom stereocenters. The van der Waals surface area contributed by atoms with E-state index in [9.17, 15) is 5.26 Å². The molecular formula is C13H13ClN2. The number of rotatable bonds is 1. The van der Waals surface area contributed by atoms with Crippen molar-refractivity contribution in [2.75, 3.05) is 13.6 Å². The number of nitrogens with zero attached hydrogens (tertiary/aromatic N) is 2. The first-order valence-electron chi connectivity index (χ1n) is 5.32. The van der Waals surface area contributed by atoms with Crippen LogP contribution in [-0.2, 0) is 0 Å². The molecule has 1 saturated heterocycles. The van der Waals surface area contributed by atoms with Crippen molar-refractivity contribution in [3.8, 4) is 6.07 Å². The quantitative estimate of drug-likeness (QED) is 0.695. The highest BCUT2D eigenvalue weighted by Gasteiger charge is 2.18. The fourth-order valence-corrected chi connectivity index (χ4v) is 2.16. The van der Waals surface area contributed by atoms with Gasteiger partial charge in [0.05, 0.1) is 5.57 Å². The van der Waals surface area contributed by atoms with Gasteiger partial charge in [0.2, 0.25) is 0 Å². The van der Waals surface area contributed by atoms with E-state index >= 15 is 0 Å². The SMILES string of the molecule is CN1CCC/C1=C(/C#N)c1ccc(Cl)cc1. The topological polar surface area (TPSA) is 27.0 Å². The summed E-state index contributed by atoms with van der Waals surface area (Å²) < 4.78 is 0. The molecule has 3 heteroatoms. The van der Waals surface area contributed by atoms with Crippen LogP contribution >= 0.6 is 11.6 Å². The molecular weight excluding hydrogens is 220 g/mol. The van der Waals surface area contributed by atoms with Crippen LogP contribution in [0, 0.1) is 11.3 Å². The van der Waals surface area contributed by atoms with Gasteiger partial charge in [0.1, 0.15) is 6.07 Å². The zero-order chi connectivity index (χ0) is 11.5. The van der Waals surface area contributed by atoms with E-state index in [-0.39, 0.29) is 0 Å². The zero-order valence-electron chi connectivity index (χ0n) is 9.20. The number of nitriles is 1. The molecule has 2 nitrogen and oxygen atoms in total. The molecule has 0 N–H and O–H groups in total. The number of benzene rings is 1. The summed E-state index contributed by atoms with van der Waals surface area (Å²) in [6.45, 7) is 1.04. The summed E-state index contributed by atoms with van der Waals surface area (Å²) in [5.41, 5.74) is 2.87. The third-order valence-corrected chi connectivity index (χ3v) is 3.15. The largest absolute Gasteiger partial charge is 0.377 e. The van der Waals surface area contributed by atoms with Gasteiger partial charge in [-0.25, -0.2) is 0 Å². The van der Waals surface area contributed by atoms with Crippen molar-refractivity contribution in [1.82, 2.24) is 4.90 Å². The highest BCUT2D eigenvalue weighted by Crippen LogP contribution is 2.28. The van der Waals surface area contributed by atoms with Crippen molar-refractivity contribution >= 4 is 17.2 Å². The fourth-order valence-electron chi connectivity index (χ4n) is 2.04. The van der Waals surface area contributed by atoms with E-state index in [1.807, 2.05) is 31.3 Å². The summed E-state index contributed by atoms with van der Waals surface area (Å²) in [4.78, 5) is 2.16. The van der Waals surface area contributed by atoms with Crippen molar-refractivity contribution in [2.45, 2.75) is 12.8 Å². The van der Waals surface area contributed by atoms with Crippen molar-refractivity contribution in [3.05, 3.63) is 40.5 Å². The van der Waals surface area contributed by atoms with Gasteiger partial charge in [-0.05, 0) is 30.5 Å². The highest BCUT2D eigenvalue weighted by atomic mass is 35.5. The standard InChI is InChI=1S/C13H13ClN2/c1-16-8-2-3-13(16)12(9-15)10-4-6-11(14)7-5-10/h4-7H,2-3,8H2,1H3/b13-12+. The minimum absolute atomic E-state index is 0.700. The van der Waals surface area contributed by atoms with Crippen LogP contribution in [0.25, 0.3) is 5.57 Å². The maximum Gasteiger partial charge on any atom is 0.102 e. The Morgan fingerprint density at radius 2 is 2.06 bits per heavy atom. The maximum absolute atomic E-state index is 9.26. The second kappa shape index (κ2) is 4.59. The number of likely N-dealkylation sites (tertiary alicyclic amines) is 1. The molecule has 0 aromatic heterocycles. The minimum atomic E-state index is 0.700. The van der Waals surface area contributed by atoms with Crippen LogP contribution in [0.5, 0.6) is 0 Å². The summed E-state index contributed by atoms with van der Waals surface area (Å²) in [5, 5.41) is 9.96. The Bertz CT molecular complexity index is 454. The summed E-state index contributed by atoms with van der Waals surface area (Å²) >= 11 is 5.84. The van der Waals surface area contributed by atoms with E-state index < -0.39 is 0 Å². The predicted molar refractivity (Wildman–Crippen MR) is 65.8 cm³/mol. The van der Waals surface area contributed by atoms with E-state index in [1.54, 1.807) is 0 Å². The molecule has 1 aromatic rings. The van der Waals surface area contributed by atoms with E-state index in [1.165, 1.54) is 0 Å². The van der Waals surface area contributed by atoms with E-state index in [0.717, 1.165) is 36.2 Å². The second-order valence-corrected chi connectivity index (χ2v) is 4.40. The summed E-state index contributed by atoms with van der Waals surface area (Å²) in [6.07, 6.45) is 2.12. The summed E-state index contributed by atoms with van der Waals surface area (Å²) in [6, 6.07) is 9.76. The fraction of sp³-hybridized carbons (Fsp3) is 0.308. The molecule has 16 heavy (non-hydrogen) atoms. The van der Waals surface area contributed by atoms with Gasteiger partial charge in [-0.3, -0.25) is 0 Å². The van der Waals surface area contributed by atoms with Gasteiger partial charge in [0.25, 0.3) is 0 Å². The Hall–Kier alpha value is -1.46. The maximum atomic E-state index is 9.26. The molecule has 0 spiro atoms. The molecule has 0 saturated carbocycles. The van der Waals surface area contributed by atoms with Crippen LogP contribution in [0.2, 0.25) is 5.02 Å². The van der Waals surface area contributed by atoms with Gasteiger partial charge in [0.15, 0.2) is 0 Å². The second-order valence-electron chi connectivity index (χ2n) is 3.97. The lowest BCUT2D eigenvalue weighted by Crippen LogP contribution is -2.11. The Morgan fingerprint density at radius 1 is 1.38 bits per heavy atom. The van der Waals surface area contributed by atoms with Crippen LogP contribution in [0.1, 0.15) is 18.4 Å². The molecule has 0 amide bonds. The predicted octanol–water partition coefficient (Wildman–Crippen LogP) is 3.30. The molecule has 2 rings (SSSR count). The first-order chi connectivity index (χ1) is 7.72. The first-order valence-corrected chi connectivity index (χ1v) is 5.70. The van der Waals surface area contributed by atoms with E-state index in [4.69, 9.17) is 11.6 Å². The van der Waals surface area contributed by atoms with Gasteiger partial charge in [-0.2, -0.15) is 5.26 Å². The van der Waals surface area contributed by atoms with Crippen molar-refractivity contribution in [3.63, 3.8) is 0 Å². The highest BCUT2D eigenvalue weighted by molar-refractivity contribution is 6.30. The van der Waals surface area contributed by atoms with Gasteiger partial charge < -0.3 is 4.90 Å². The molecule has 1 fully saturated rings. The average Bonchev–Trinajstić information content (AvgIpc) is 2.69. The lowest BCUT2D eigenvalue weighted by Gasteiger charge is -2.14. The van der Waals surface area contributed by atoms with Crippen molar-refractivity contribution in [2.24, 2.45) is 0 Å². The van der Waals surface area contributed by atoms with Gasteiger partial charge >= 0.3 is 0 Å². The molecule has 1 aliphatic rings. The van der Waals surface area contributed by atoms with E-state index in [2.05, 4.69) is 11.0 Å². The molecule has 0 bridgehead atoms. The summed E-state index contributed by atoms with van der Waals surface area (Å²) in [5.74, 6) is 0. The van der Waals surface area contributed by atoms with E-state index in [0.29, 0.717) is 5.02 Å². The molecule has 1 aliphatic heterocycles. The molecule has 0 aliphatic carbocycles. The van der Waals surface area contributed by atoms with Gasteiger partial charge in [0, 0.05) is 24.3 Å². The molecule has 1 heterocycles. The minimum Gasteiger partial charge on any atom is -0.377 e. The Morgan fingerprint density at radius 3 is 2.56 bits per heavy atom. The number of halogens is 1. The number of allylic oxidation sites excluding steroid dienone is 2. The monoisotopic (exact) mass is 232 g/mol. The molecule has 0 atom stereocenters. The Kier molecular flexibility index (Phi) is 3.17. The van der Waals surface area contributed by atoms with Crippen LogP contribution in [0.15, 0.2) is 30.0 Å². The first kappa shape index (κ1) is 11.0. The zero-order valence-corrected chi connectivity index (χ0v) is 9.96. The Labute approximate surface area is 101 Å². The third kappa shape index (κ3) is 2.05. The van der Waals surface area contributed by atoms with Crippen molar-refractivity contribution < 1.29 is 0 Å². The molecule has 82 valence electrons. The smallest absolute Gasteiger partial charge is 0.102 e. The van der Waals surface area contributed by atoms with Crippen LogP contribution in [0.4, 0.5) is 0 Å². The Balaban J connectivity index is 2.44. The van der Waals surface area contributed by atoms with Crippen LogP contribution in [0.3, 0.4) is 0 Å². The number of hydrogen-bond donors (Lipinski definition) is 0. The van der Waals surface area contributed by atoms with Gasteiger partial charge in [-0.15, -0.1) is 0 Å². The average molecular weight is 233 g/mol. The van der Waals surface area contributed by atoms with Crippen LogP contribution in [-0.4, -0.2) is 18.5 Å². The third-order valence-electron chi connectivity index (χ3n) is 2.90. The lowest BCUT2D eigenvalue weighted by atomic mass is 10.0. The normalized spacial score (nSPS) is 18.4. The van der Waals surface area contributed by atoms with Gasteiger partial charge in [-0.1, -0.05) is 23.7 Å². The van der Waals surface area contributed by atoms with Crippen LogP contribution < -0.4 is 0 Å². The number of hydrogen-bond acceptors (Lipinski definition) is 2. The summed E-state index contributed by atoms with van der Waals surface area (Å²) in [7, 11) is 2.04. The molecule has 0 radical (unpaired) electrons. The molecule has 1 aromatic carbocycles.